The maximum atomic E-state index is 12.8. The molecule has 0 bridgehead atoms. The minimum atomic E-state index is -1.57. The van der Waals surface area contributed by atoms with E-state index in [9.17, 15) is 24.3 Å². The van der Waals surface area contributed by atoms with E-state index in [1.807, 2.05) is 0 Å². The fourth-order valence-corrected chi connectivity index (χ4v) is 3.94. The Bertz CT molecular complexity index is 1010. The van der Waals surface area contributed by atoms with E-state index in [0.717, 1.165) is 18.4 Å². The summed E-state index contributed by atoms with van der Waals surface area (Å²) in [5, 5.41) is 19.0. The van der Waals surface area contributed by atoms with Crippen LogP contribution in [-0.2, 0) is 17.7 Å². The van der Waals surface area contributed by atoms with Crippen molar-refractivity contribution in [1.82, 2.24) is 19.2 Å². The maximum Gasteiger partial charge on any atom is 0.414 e. The fourth-order valence-electron chi connectivity index (χ4n) is 2.77. The van der Waals surface area contributed by atoms with Crippen LogP contribution in [0.1, 0.15) is 27.9 Å². The Morgan fingerprint density at radius 1 is 1.37 bits per heavy atom. The molecule has 0 fully saturated rings. The van der Waals surface area contributed by atoms with Gasteiger partial charge in [-0.15, -0.1) is 0 Å². The van der Waals surface area contributed by atoms with Gasteiger partial charge in [0.1, 0.15) is 0 Å². The van der Waals surface area contributed by atoms with Crippen LogP contribution in [0.4, 0.5) is 9.59 Å². The molecule has 0 unspecified atom stereocenters. The molecule has 12 heteroatoms. The highest BCUT2D eigenvalue weighted by Crippen LogP contribution is 2.28. The van der Waals surface area contributed by atoms with Gasteiger partial charge in [-0.2, -0.15) is 4.98 Å². The van der Waals surface area contributed by atoms with Crippen molar-refractivity contribution in [2.75, 3.05) is 20.2 Å². The largest absolute Gasteiger partial charge is 0.492 e. The topological polar surface area (TPSA) is 142 Å². The maximum absolute atomic E-state index is 12.8. The smallest absolute Gasteiger partial charge is 0.414 e. The van der Waals surface area contributed by atoms with Crippen LogP contribution in [0.3, 0.4) is 0 Å². The van der Waals surface area contributed by atoms with Crippen LogP contribution in [0.15, 0.2) is 4.79 Å². The number of fused-ring (bicyclic) bond motifs is 3. The predicted molar refractivity (Wildman–Crippen MR) is 92.3 cm³/mol. The molecule has 2 aromatic rings. The zero-order valence-corrected chi connectivity index (χ0v) is 15.3. The number of aromatic hydroxyl groups is 1. The van der Waals surface area contributed by atoms with E-state index in [1.54, 1.807) is 6.92 Å². The first-order valence-corrected chi connectivity index (χ1v) is 8.76. The number of carbonyl (C=O) groups excluding carboxylic acids is 2. The number of amides is 3. The van der Waals surface area contributed by atoms with Gasteiger partial charge in [0, 0.05) is 30.6 Å². The third kappa shape index (κ3) is 3.07. The number of imide groups is 1. The molecule has 2 N–H and O–H groups in total. The number of carbonyl (C=O) groups is 3. The first-order valence-electron chi connectivity index (χ1n) is 7.95. The van der Waals surface area contributed by atoms with Gasteiger partial charge in [0.2, 0.25) is 10.8 Å². The van der Waals surface area contributed by atoms with Gasteiger partial charge >= 0.3 is 12.2 Å². The molecular formula is C15H16N4O7S. The lowest BCUT2D eigenvalue weighted by atomic mass is 10.2. The first-order chi connectivity index (χ1) is 12.8. The summed E-state index contributed by atoms with van der Waals surface area (Å²) in [5.41, 5.74) is -0.997. The zero-order chi connectivity index (χ0) is 19.9. The Balaban J connectivity index is 2.08. The van der Waals surface area contributed by atoms with E-state index in [2.05, 4.69) is 4.98 Å². The van der Waals surface area contributed by atoms with Crippen molar-refractivity contribution in [3.8, 4) is 5.88 Å². The first kappa shape index (κ1) is 18.6. The van der Waals surface area contributed by atoms with Crippen molar-refractivity contribution in [2.45, 2.75) is 19.9 Å². The third-order valence-electron chi connectivity index (χ3n) is 4.12. The van der Waals surface area contributed by atoms with Gasteiger partial charge in [0.15, 0.2) is 5.56 Å². The summed E-state index contributed by atoms with van der Waals surface area (Å²) in [6, 6.07) is 0. The van der Waals surface area contributed by atoms with Crippen molar-refractivity contribution < 1.29 is 29.3 Å². The van der Waals surface area contributed by atoms with Crippen LogP contribution in [-0.4, -0.2) is 67.7 Å². The van der Waals surface area contributed by atoms with Gasteiger partial charge in [-0.05, 0) is 6.92 Å². The van der Waals surface area contributed by atoms with Gasteiger partial charge in [0.25, 0.3) is 11.5 Å². The summed E-state index contributed by atoms with van der Waals surface area (Å²) in [6.07, 6.45) is -1.72. The van der Waals surface area contributed by atoms with E-state index in [4.69, 9.17) is 9.84 Å². The number of hydrogen-bond donors (Lipinski definition) is 2. The van der Waals surface area contributed by atoms with Crippen LogP contribution < -0.4 is 5.56 Å². The third-order valence-corrected chi connectivity index (χ3v) is 5.19. The normalized spacial score (nSPS) is 13.3. The second-order valence-corrected chi connectivity index (χ2v) is 6.78. The highest BCUT2D eigenvalue weighted by atomic mass is 32.1. The van der Waals surface area contributed by atoms with Crippen LogP contribution >= 0.6 is 11.3 Å². The molecule has 3 heterocycles. The number of rotatable bonds is 2. The minimum Gasteiger partial charge on any atom is -0.492 e. The van der Waals surface area contributed by atoms with E-state index in [0.29, 0.717) is 28.4 Å². The molecule has 11 nitrogen and oxygen atoms in total. The van der Waals surface area contributed by atoms with Crippen LogP contribution in [0.2, 0.25) is 0 Å². The SMILES string of the molecule is CCOC(=O)N1CCc2c(sc3nc(O)c(C(=O)N(C)C(=O)O)c(=O)n23)C1. The highest BCUT2D eigenvalue weighted by Gasteiger charge is 2.31. The summed E-state index contributed by atoms with van der Waals surface area (Å²) in [4.78, 5) is 54.4. The van der Waals surface area contributed by atoms with Gasteiger partial charge in [-0.3, -0.25) is 14.0 Å². The Labute approximate surface area is 156 Å². The average Bonchev–Trinajstić information content (AvgIpc) is 2.98. The van der Waals surface area contributed by atoms with Crippen molar-refractivity contribution in [2.24, 2.45) is 0 Å². The van der Waals surface area contributed by atoms with Crippen LogP contribution in [0.25, 0.3) is 4.96 Å². The molecule has 0 atom stereocenters. The molecule has 2 aromatic heterocycles. The summed E-state index contributed by atoms with van der Waals surface area (Å²) in [7, 11) is 0.971. The van der Waals surface area contributed by atoms with Gasteiger partial charge in [-0.25, -0.2) is 14.5 Å². The number of thiazole rings is 1. The van der Waals surface area contributed by atoms with Gasteiger partial charge in [0.05, 0.1) is 13.2 Å². The molecule has 0 aromatic carbocycles. The molecule has 3 rings (SSSR count). The van der Waals surface area contributed by atoms with Crippen molar-refractivity contribution in [1.29, 1.82) is 0 Å². The molecule has 3 amide bonds. The summed E-state index contributed by atoms with van der Waals surface area (Å²) >= 11 is 1.10. The van der Waals surface area contributed by atoms with E-state index < -0.39 is 35.1 Å². The Hall–Kier alpha value is -3.15. The van der Waals surface area contributed by atoms with Crippen LogP contribution in [0, 0.1) is 0 Å². The molecule has 0 saturated heterocycles. The van der Waals surface area contributed by atoms with Crippen LogP contribution in [0.5, 0.6) is 5.88 Å². The zero-order valence-electron chi connectivity index (χ0n) is 14.5. The number of nitrogens with zero attached hydrogens (tertiary/aromatic N) is 4. The molecule has 1 aliphatic heterocycles. The van der Waals surface area contributed by atoms with Crippen molar-refractivity contribution in [3.63, 3.8) is 0 Å². The molecule has 0 saturated carbocycles. The molecule has 144 valence electrons. The summed E-state index contributed by atoms with van der Waals surface area (Å²) in [5.74, 6) is -2.00. The standard InChI is InChI=1S/C15H16N4O7S/c1-3-26-15(25)18-5-4-7-8(6-18)27-13-16-10(20)9(12(22)19(7)13)11(21)17(2)14(23)24/h20H,3-6H2,1-2H3,(H,23,24). The summed E-state index contributed by atoms with van der Waals surface area (Å²) in [6.45, 7) is 2.46. The fraction of sp³-hybridized carbons (Fsp3) is 0.400. The van der Waals surface area contributed by atoms with Crippen molar-refractivity contribution in [3.05, 3.63) is 26.5 Å². The van der Waals surface area contributed by atoms with Crippen molar-refractivity contribution >= 4 is 34.4 Å². The Morgan fingerprint density at radius 2 is 2.07 bits per heavy atom. The average molecular weight is 396 g/mol. The number of hydrogen-bond acceptors (Lipinski definition) is 8. The molecule has 1 aliphatic rings. The minimum absolute atomic E-state index is 0.155. The number of ether oxygens (including phenoxy) is 1. The van der Waals surface area contributed by atoms with E-state index in [1.165, 1.54) is 9.30 Å². The number of aromatic nitrogens is 2. The van der Waals surface area contributed by atoms with Gasteiger partial charge in [-0.1, -0.05) is 11.3 Å². The second kappa shape index (κ2) is 6.87. The highest BCUT2D eigenvalue weighted by molar-refractivity contribution is 7.17. The lowest BCUT2D eigenvalue weighted by molar-refractivity contribution is 0.0776. The number of carboxylic acid groups (broad SMARTS) is 1. The molecule has 0 spiro atoms. The van der Waals surface area contributed by atoms with E-state index in [-0.39, 0.29) is 18.1 Å². The van der Waals surface area contributed by atoms with E-state index >= 15 is 0 Å². The monoisotopic (exact) mass is 396 g/mol. The summed E-state index contributed by atoms with van der Waals surface area (Å²) < 4.78 is 6.16. The Kier molecular flexibility index (Phi) is 4.74. The predicted octanol–water partition coefficient (Wildman–Crippen LogP) is 0.726. The quantitative estimate of drug-likeness (QED) is 0.756. The molecular weight excluding hydrogens is 380 g/mol. The molecule has 27 heavy (non-hydrogen) atoms. The van der Waals surface area contributed by atoms with Gasteiger partial charge < -0.3 is 19.8 Å². The molecule has 0 aliphatic carbocycles. The lowest BCUT2D eigenvalue weighted by Gasteiger charge is -2.25. The lowest BCUT2D eigenvalue weighted by Crippen LogP contribution is -2.38. The Morgan fingerprint density at radius 3 is 2.70 bits per heavy atom. The molecule has 0 radical (unpaired) electrons. The second-order valence-electron chi connectivity index (χ2n) is 5.72.